The summed E-state index contributed by atoms with van der Waals surface area (Å²) in [6, 6.07) is 10.9. The number of nitrogens with one attached hydrogen (secondary N) is 1. The number of Topliss-reactive ketones (excluding diaryl/α,β-unsaturated/α-hetero) is 1. The minimum Gasteiger partial charge on any atom is -0.437 e. The zero-order valence-corrected chi connectivity index (χ0v) is 25.7. The number of ketones is 1. The standard InChI is InChI=1S/C33H44N6O4/c1-22(2)21-26-29(43-30(38-26)24-14-19-39(20-15-24)32-35-17-8-18-36-32)28(41)25(12-11-23-9-6-5-7-10-23)37-27(40)13-16-33(3,4)31(34)42/h5-10,17-18,22,24-25H,11-16,19-21H2,1-4H3,(H2,34,42)(H,37,40). The van der Waals surface area contributed by atoms with Crippen molar-refractivity contribution >= 4 is 23.5 Å². The molecular weight excluding hydrogens is 544 g/mol. The van der Waals surface area contributed by atoms with E-state index in [4.69, 9.17) is 15.1 Å². The summed E-state index contributed by atoms with van der Waals surface area (Å²) in [5.41, 5.74) is 6.38. The minimum absolute atomic E-state index is 0.0702. The number of anilines is 1. The number of nitrogens with zero attached hydrogens (tertiary/aromatic N) is 4. The Hall–Kier alpha value is -4.08. The van der Waals surface area contributed by atoms with Crippen LogP contribution in [-0.4, -0.2) is 51.7 Å². The second-order valence-electron chi connectivity index (χ2n) is 12.5. The molecule has 2 amide bonds. The maximum absolute atomic E-state index is 14.1. The van der Waals surface area contributed by atoms with Crippen LogP contribution in [0, 0.1) is 11.3 Å². The highest BCUT2D eigenvalue weighted by Crippen LogP contribution is 2.31. The molecule has 0 radical (unpaired) electrons. The van der Waals surface area contributed by atoms with Gasteiger partial charge < -0.3 is 20.4 Å². The number of primary amides is 1. The van der Waals surface area contributed by atoms with Gasteiger partial charge in [-0.2, -0.15) is 0 Å². The lowest BCUT2D eigenvalue weighted by Gasteiger charge is -2.30. The molecule has 1 fully saturated rings. The second-order valence-corrected chi connectivity index (χ2v) is 12.5. The Morgan fingerprint density at radius 2 is 1.74 bits per heavy atom. The fourth-order valence-electron chi connectivity index (χ4n) is 5.24. The summed E-state index contributed by atoms with van der Waals surface area (Å²) < 4.78 is 6.30. The van der Waals surface area contributed by atoms with Gasteiger partial charge in [0.25, 0.3) is 0 Å². The molecule has 2 aromatic heterocycles. The van der Waals surface area contributed by atoms with Crippen molar-refractivity contribution in [2.45, 2.75) is 84.6 Å². The van der Waals surface area contributed by atoms with E-state index in [1.165, 1.54) is 0 Å². The van der Waals surface area contributed by atoms with E-state index < -0.39 is 17.4 Å². The molecule has 0 saturated carbocycles. The van der Waals surface area contributed by atoms with E-state index in [0.717, 1.165) is 31.5 Å². The number of hydrogen-bond acceptors (Lipinski definition) is 8. The van der Waals surface area contributed by atoms with Gasteiger partial charge in [0.1, 0.15) is 0 Å². The first-order valence-electron chi connectivity index (χ1n) is 15.2. The van der Waals surface area contributed by atoms with Gasteiger partial charge in [0, 0.05) is 43.2 Å². The molecule has 1 aliphatic rings. The van der Waals surface area contributed by atoms with E-state index in [0.29, 0.717) is 36.8 Å². The van der Waals surface area contributed by atoms with Crippen molar-refractivity contribution in [1.82, 2.24) is 20.3 Å². The topological polar surface area (TPSA) is 144 Å². The number of carbonyl (C=O) groups is 3. The van der Waals surface area contributed by atoms with Crippen LogP contribution in [0.1, 0.15) is 93.4 Å². The normalized spacial score (nSPS) is 15.0. The van der Waals surface area contributed by atoms with Crippen molar-refractivity contribution < 1.29 is 18.8 Å². The van der Waals surface area contributed by atoms with E-state index in [9.17, 15) is 14.4 Å². The molecule has 3 heterocycles. The van der Waals surface area contributed by atoms with Gasteiger partial charge in [-0.05, 0) is 56.1 Å². The third-order valence-corrected chi connectivity index (χ3v) is 8.08. The maximum Gasteiger partial charge on any atom is 0.225 e. The van der Waals surface area contributed by atoms with E-state index >= 15 is 0 Å². The lowest BCUT2D eigenvalue weighted by atomic mass is 9.87. The number of benzene rings is 1. The SMILES string of the molecule is CC(C)Cc1nc(C2CCN(c3ncccn3)CC2)oc1C(=O)C(CCc1ccccc1)NC(=O)CCC(C)(C)C(N)=O. The Balaban J connectivity index is 1.53. The van der Waals surface area contributed by atoms with Crippen LogP contribution < -0.4 is 16.0 Å². The molecular formula is C33H44N6O4. The summed E-state index contributed by atoms with van der Waals surface area (Å²) in [7, 11) is 0. The van der Waals surface area contributed by atoms with E-state index in [-0.39, 0.29) is 42.1 Å². The number of carbonyl (C=O) groups excluding carboxylic acids is 3. The van der Waals surface area contributed by atoms with Gasteiger partial charge in [0.05, 0.1) is 11.7 Å². The largest absolute Gasteiger partial charge is 0.437 e. The van der Waals surface area contributed by atoms with Gasteiger partial charge in [-0.25, -0.2) is 15.0 Å². The van der Waals surface area contributed by atoms with Crippen molar-refractivity contribution in [2.75, 3.05) is 18.0 Å². The second kappa shape index (κ2) is 14.4. The zero-order chi connectivity index (χ0) is 31.0. The average Bonchev–Trinajstić information content (AvgIpc) is 3.42. The van der Waals surface area contributed by atoms with Crippen LogP contribution in [0.5, 0.6) is 0 Å². The third kappa shape index (κ3) is 8.72. The van der Waals surface area contributed by atoms with Crippen LogP contribution in [-0.2, 0) is 22.4 Å². The molecule has 3 aromatic rings. The Morgan fingerprint density at radius 3 is 2.37 bits per heavy atom. The van der Waals surface area contributed by atoms with E-state index in [2.05, 4.69) is 34.0 Å². The van der Waals surface area contributed by atoms with Crippen LogP contribution in [0.3, 0.4) is 0 Å². The first-order valence-corrected chi connectivity index (χ1v) is 15.2. The summed E-state index contributed by atoms with van der Waals surface area (Å²) >= 11 is 0. The number of hydrogen-bond donors (Lipinski definition) is 2. The Kier molecular flexibility index (Phi) is 10.7. The Morgan fingerprint density at radius 1 is 1.07 bits per heavy atom. The maximum atomic E-state index is 14.1. The molecule has 230 valence electrons. The predicted molar refractivity (Wildman–Crippen MR) is 164 cm³/mol. The fraction of sp³-hybridized carbons (Fsp3) is 0.515. The van der Waals surface area contributed by atoms with Crippen molar-refractivity contribution in [1.29, 1.82) is 0 Å². The van der Waals surface area contributed by atoms with Crippen molar-refractivity contribution in [3.05, 3.63) is 71.7 Å². The van der Waals surface area contributed by atoms with Gasteiger partial charge in [0.2, 0.25) is 23.5 Å². The molecule has 10 heteroatoms. The molecule has 43 heavy (non-hydrogen) atoms. The van der Waals surface area contributed by atoms with Gasteiger partial charge in [-0.15, -0.1) is 0 Å². The highest BCUT2D eigenvalue weighted by molar-refractivity contribution is 6.00. The van der Waals surface area contributed by atoms with Crippen LogP contribution in [0.15, 0.2) is 53.2 Å². The van der Waals surface area contributed by atoms with Crippen molar-refractivity contribution in [3.63, 3.8) is 0 Å². The highest BCUT2D eigenvalue weighted by atomic mass is 16.4. The zero-order valence-electron chi connectivity index (χ0n) is 25.7. The van der Waals surface area contributed by atoms with Gasteiger partial charge >= 0.3 is 0 Å². The molecule has 4 rings (SSSR count). The molecule has 1 aromatic carbocycles. The minimum atomic E-state index is -0.826. The number of piperidine rings is 1. The number of aryl methyl sites for hydroxylation is 1. The lowest BCUT2D eigenvalue weighted by Crippen LogP contribution is -2.42. The quantitative estimate of drug-likeness (QED) is 0.259. The first kappa shape index (κ1) is 31.8. The first-order chi connectivity index (χ1) is 20.5. The van der Waals surface area contributed by atoms with Gasteiger partial charge in [-0.1, -0.05) is 58.0 Å². The van der Waals surface area contributed by atoms with Crippen molar-refractivity contribution in [2.24, 2.45) is 17.1 Å². The monoisotopic (exact) mass is 588 g/mol. The summed E-state index contributed by atoms with van der Waals surface area (Å²) in [5.74, 6) is 0.796. The van der Waals surface area contributed by atoms with Crippen LogP contribution in [0.2, 0.25) is 0 Å². The average molecular weight is 589 g/mol. The molecule has 0 bridgehead atoms. The molecule has 3 N–H and O–H groups in total. The molecule has 1 atom stereocenters. The smallest absolute Gasteiger partial charge is 0.225 e. The fourth-order valence-corrected chi connectivity index (χ4v) is 5.24. The number of amides is 2. The molecule has 0 aliphatic carbocycles. The third-order valence-electron chi connectivity index (χ3n) is 8.08. The number of nitrogens with two attached hydrogens (primary N) is 1. The molecule has 0 spiro atoms. The summed E-state index contributed by atoms with van der Waals surface area (Å²) in [6.07, 6.45) is 7.04. The van der Waals surface area contributed by atoms with Crippen LogP contribution in [0.25, 0.3) is 0 Å². The van der Waals surface area contributed by atoms with Gasteiger partial charge in [-0.3, -0.25) is 14.4 Å². The number of oxazole rings is 1. The van der Waals surface area contributed by atoms with Crippen molar-refractivity contribution in [3.8, 4) is 0 Å². The number of rotatable bonds is 14. The molecule has 1 unspecified atom stereocenters. The summed E-state index contributed by atoms with van der Waals surface area (Å²) in [6.45, 7) is 9.11. The molecule has 1 aliphatic heterocycles. The summed E-state index contributed by atoms with van der Waals surface area (Å²) in [5, 5.41) is 2.94. The van der Waals surface area contributed by atoms with E-state index in [1.54, 1.807) is 32.3 Å². The Labute approximate surface area is 253 Å². The molecule has 10 nitrogen and oxygen atoms in total. The van der Waals surface area contributed by atoms with Crippen LogP contribution in [0.4, 0.5) is 5.95 Å². The van der Waals surface area contributed by atoms with Gasteiger partial charge in [0.15, 0.2) is 11.7 Å². The highest BCUT2D eigenvalue weighted by Gasteiger charge is 2.33. The molecule has 1 saturated heterocycles. The summed E-state index contributed by atoms with van der Waals surface area (Å²) in [4.78, 5) is 54.7. The van der Waals surface area contributed by atoms with E-state index in [1.807, 2.05) is 30.3 Å². The number of aromatic nitrogens is 3. The van der Waals surface area contributed by atoms with Crippen LogP contribution >= 0.6 is 0 Å². The lowest BCUT2D eigenvalue weighted by molar-refractivity contribution is -0.127. The predicted octanol–water partition coefficient (Wildman–Crippen LogP) is 4.64. The Bertz CT molecular complexity index is 1360.